The summed E-state index contributed by atoms with van der Waals surface area (Å²) in [5.74, 6) is 1.98. The maximum Gasteiger partial charge on any atom is 0.147 e. The Morgan fingerprint density at radius 1 is 0.333 bits per heavy atom. The van der Waals surface area contributed by atoms with Crippen LogP contribution in [0.4, 0.5) is 0 Å². The molecule has 3 aromatic carbocycles. The monoisotopic (exact) mass is 774 g/mol. The second-order valence-electron chi connectivity index (χ2n) is 15.7. The molecule has 0 radical (unpaired) electrons. The van der Waals surface area contributed by atoms with Crippen molar-refractivity contribution in [2.75, 3.05) is 0 Å². The highest BCUT2D eigenvalue weighted by Crippen LogP contribution is 2.49. The van der Waals surface area contributed by atoms with Gasteiger partial charge in [-0.15, -0.1) is 0 Å². The van der Waals surface area contributed by atoms with Crippen molar-refractivity contribution in [2.45, 2.75) is 35.5 Å². The fourth-order valence-electron chi connectivity index (χ4n) is 9.09. The van der Waals surface area contributed by atoms with Crippen LogP contribution >= 0.6 is 0 Å². The third-order valence-corrected chi connectivity index (χ3v) is 12.2. The Balaban J connectivity index is 1.26. The molecular weight excluding hydrogens is 733 g/mol. The number of aromatic nitrogens is 6. The lowest BCUT2D eigenvalue weighted by Crippen LogP contribution is -2.39. The van der Waals surface area contributed by atoms with Crippen molar-refractivity contribution in [2.24, 2.45) is 0 Å². The summed E-state index contributed by atoms with van der Waals surface area (Å²) in [6.45, 7) is 0. The molecule has 6 nitrogen and oxygen atoms in total. The predicted octanol–water partition coefficient (Wildman–Crippen LogP) is 11.0. The van der Waals surface area contributed by atoms with Gasteiger partial charge in [-0.05, 0) is 87.6 Å². The van der Waals surface area contributed by atoms with E-state index in [-0.39, 0.29) is 0 Å². The van der Waals surface area contributed by atoms with Crippen LogP contribution < -0.4 is 0 Å². The van der Waals surface area contributed by atoms with E-state index in [0.29, 0.717) is 36.7 Å². The first-order chi connectivity index (χ1) is 29.7. The SMILES string of the molecule is C1=CC(c2cccnc2)(c2nc(C3(c4cccnc4)C=CC=C(c4ccccc4)C3)nc(C3(c4cccnc4)C=CC=C(c4ccccc4)C3)n2)CC(c2ccccc2)=C1. The number of rotatable bonds is 9. The van der Waals surface area contributed by atoms with E-state index in [0.717, 1.165) is 33.4 Å². The molecule has 0 N–H and O–H groups in total. The van der Waals surface area contributed by atoms with Crippen LogP contribution in [0, 0.1) is 0 Å². The Bertz CT molecular complexity index is 2490. The number of hydrogen-bond donors (Lipinski definition) is 0. The summed E-state index contributed by atoms with van der Waals surface area (Å²) in [5, 5.41) is 0. The number of benzene rings is 3. The van der Waals surface area contributed by atoms with Gasteiger partial charge >= 0.3 is 0 Å². The van der Waals surface area contributed by atoms with E-state index in [9.17, 15) is 0 Å². The molecule has 3 atom stereocenters. The molecule has 7 aromatic rings. The van der Waals surface area contributed by atoms with Crippen LogP contribution in [0.2, 0.25) is 0 Å². The summed E-state index contributed by atoms with van der Waals surface area (Å²) in [6, 6.07) is 44.2. The molecule has 0 saturated carbocycles. The maximum atomic E-state index is 5.74. The Hall–Kier alpha value is -7.44. The maximum absolute atomic E-state index is 5.74. The zero-order chi connectivity index (χ0) is 40.2. The van der Waals surface area contributed by atoms with Crippen molar-refractivity contribution < 1.29 is 0 Å². The number of nitrogens with zero attached hydrogens (tertiary/aromatic N) is 6. The molecule has 4 aromatic heterocycles. The van der Waals surface area contributed by atoms with Gasteiger partial charge in [0.15, 0.2) is 0 Å². The third-order valence-electron chi connectivity index (χ3n) is 12.2. The highest BCUT2D eigenvalue weighted by atomic mass is 15.1. The molecule has 4 heterocycles. The standard InChI is InChI=1S/C54H42N6/c1-4-16-40(17-5-1)43-22-10-28-52(34-43,46-25-13-31-55-37-46)49-58-50(53(47-26-14-32-56-38-47)29-11-23-44(35-53)41-18-6-2-7-19-41)60-51(59-49)54(48-27-15-33-57-39-48)30-12-24-45(36-54)42-20-8-3-9-21-42/h1-33,37-39H,34-36H2. The van der Waals surface area contributed by atoms with Gasteiger partial charge in [-0.3, -0.25) is 15.0 Å². The van der Waals surface area contributed by atoms with Gasteiger partial charge in [0.25, 0.3) is 0 Å². The molecule has 3 aliphatic carbocycles. The average molecular weight is 775 g/mol. The summed E-state index contributed by atoms with van der Waals surface area (Å²) >= 11 is 0. The summed E-state index contributed by atoms with van der Waals surface area (Å²) < 4.78 is 0. The molecular formula is C54H42N6. The van der Waals surface area contributed by atoms with E-state index in [2.05, 4.69) is 179 Å². The zero-order valence-electron chi connectivity index (χ0n) is 33.1. The minimum atomic E-state index is -0.792. The Kier molecular flexibility index (Phi) is 9.66. The molecule has 6 heteroatoms. The van der Waals surface area contributed by atoms with Crippen LogP contribution in [-0.2, 0) is 16.2 Å². The first kappa shape index (κ1) is 36.9. The normalized spacial score (nSPS) is 22.1. The van der Waals surface area contributed by atoms with Crippen molar-refractivity contribution in [1.29, 1.82) is 0 Å². The van der Waals surface area contributed by atoms with Gasteiger partial charge in [-0.25, -0.2) is 15.0 Å². The van der Waals surface area contributed by atoms with Gasteiger partial charge in [0, 0.05) is 37.2 Å². The van der Waals surface area contributed by atoms with Crippen molar-refractivity contribution in [3.63, 3.8) is 0 Å². The van der Waals surface area contributed by atoms with Crippen molar-refractivity contribution in [3.05, 3.63) is 270 Å². The summed E-state index contributed by atoms with van der Waals surface area (Å²) in [5.41, 5.74) is 7.67. The summed E-state index contributed by atoms with van der Waals surface area (Å²) in [7, 11) is 0. The highest BCUT2D eigenvalue weighted by molar-refractivity contribution is 5.74. The number of pyridine rings is 3. The second-order valence-corrected chi connectivity index (χ2v) is 15.7. The molecule has 0 spiro atoms. The van der Waals surface area contributed by atoms with Crippen molar-refractivity contribution >= 4 is 16.7 Å². The molecule has 3 aliphatic rings. The lowest BCUT2D eigenvalue weighted by Gasteiger charge is -2.39. The number of hydrogen-bond acceptors (Lipinski definition) is 6. The largest absolute Gasteiger partial charge is 0.264 e. The quantitative estimate of drug-likeness (QED) is 0.145. The predicted molar refractivity (Wildman–Crippen MR) is 239 cm³/mol. The Morgan fingerprint density at radius 2 is 0.633 bits per heavy atom. The van der Waals surface area contributed by atoms with Crippen LogP contribution in [0.3, 0.4) is 0 Å². The van der Waals surface area contributed by atoms with E-state index in [4.69, 9.17) is 15.0 Å². The molecule has 3 unspecified atom stereocenters. The average Bonchev–Trinajstić information content (AvgIpc) is 3.35. The van der Waals surface area contributed by atoms with Gasteiger partial charge in [0.1, 0.15) is 17.5 Å². The first-order valence-electron chi connectivity index (χ1n) is 20.5. The number of allylic oxidation sites excluding steroid dienone is 12. The molecule has 0 saturated heterocycles. The van der Waals surface area contributed by atoms with Crippen LogP contribution in [0.25, 0.3) is 16.7 Å². The van der Waals surface area contributed by atoms with Gasteiger partial charge in [-0.2, -0.15) is 0 Å². The molecule has 288 valence electrons. The van der Waals surface area contributed by atoms with Crippen LogP contribution in [-0.4, -0.2) is 29.9 Å². The summed E-state index contributed by atoms with van der Waals surface area (Å²) in [4.78, 5) is 31.3. The molecule has 60 heavy (non-hydrogen) atoms. The lowest BCUT2D eigenvalue weighted by atomic mass is 9.69. The zero-order valence-corrected chi connectivity index (χ0v) is 33.1. The molecule has 0 aliphatic heterocycles. The van der Waals surface area contributed by atoms with E-state index in [1.165, 1.54) is 16.7 Å². The highest BCUT2D eigenvalue weighted by Gasteiger charge is 2.46. The third kappa shape index (κ3) is 6.66. The first-order valence-corrected chi connectivity index (χ1v) is 20.5. The van der Waals surface area contributed by atoms with Crippen LogP contribution in [0.5, 0.6) is 0 Å². The fraction of sp³-hybridized carbons (Fsp3) is 0.111. The second kappa shape index (κ2) is 15.7. The Labute approximate surface area is 351 Å². The van der Waals surface area contributed by atoms with Gasteiger partial charge < -0.3 is 0 Å². The van der Waals surface area contributed by atoms with Gasteiger partial charge in [0.2, 0.25) is 0 Å². The van der Waals surface area contributed by atoms with Gasteiger partial charge in [-0.1, -0.05) is 164 Å². The van der Waals surface area contributed by atoms with Gasteiger partial charge in [0.05, 0.1) is 16.2 Å². The Morgan fingerprint density at radius 3 is 0.900 bits per heavy atom. The molecule has 0 bridgehead atoms. The van der Waals surface area contributed by atoms with Crippen LogP contribution in [0.15, 0.2) is 219 Å². The molecule has 10 rings (SSSR count). The lowest BCUT2D eigenvalue weighted by molar-refractivity contribution is 0.510. The van der Waals surface area contributed by atoms with E-state index in [1.807, 2.05) is 55.4 Å². The minimum Gasteiger partial charge on any atom is -0.264 e. The molecule has 0 fully saturated rings. The smallest absolute Gasteiger partial charge is 0.147 e. The minimum absolute atomic E-state index is 0.623. The topological polar surface area (TPSA) is 77.3 Å². The van der Waals surface area contributed by atoms with Crippen molar-refractivity contribution in [3.8, 4) is 0 Å². The summed E-state index contributed by atoms with van der Waals surface area (Å²) in [6.07, 6.45) is 33.1. The van der Waals surface area contributed by atoms with E-state index in [1.54, 1.807) is 0 Å². The fourth-order valence-corrected chi connectivity index (χ4v) is 9.09. The molecule has 0 amide bonds. The van der Waals surface area contributed by atoms with E-state index < -0.39 is 16.2 Å². The van der Waals surface area contributed by atoms with E-state index >= 15 is 0 Å². The van der Waals surface area contributed by atoms with Crippen LogP contribution in [0.1, 0.15) is 70.1 Å². The van der Waals surface area contributed by atoms with Crippen molar-refractivity contribution in [1.82, 2.24) is 29.9 Å².